The number of carbonyl (C=O) groups is 3. The van der Waals surface area contributed by atoms with Crippen LogP contribution in [0, 0.1) is 0 Å². The molecular weight excluding hydrogens is 360 g/mol. The summed E-state index contributed by atoms with van der Waals surface area (Å²) in [6.45, 7) is 4.34. The van der Waals surface area contributed by atoms with Gasteiger partial charge in [-0.3, -0.25) is 14.5 Å². The van der Waals surface area contributed by atoms with Gasteiger partial charge >= 0.3 is 5.97 Å². The van der Waals surface area contributed by atoms with Crippen molar-refractivity contribution in [3.8, 4) is 0 Å². The Morgan fingerprint density at radius 1 is 1.32 bits per heavy atom. The minimum absolute atomic E-state index is 0.00459. The maximum Gasteiger partial charge on any atom is 0.338 e. The molecule has 1 fully saturated rings. The van der Waals surface area contributed by atoms with Gasteiger partial charge in [-0.1, -0.05) is 24.0 Å². The lowest BCUT2D eigenvalue weighted by Gasteiger charge is -2.14. The summed E-state index contributed by atoms with van der Waals surface area (Å²) < 4.78 is 5.48. The monoisotopic (exact) mass is 380 g/mol. The summed E-state index contributed by atoms with van der Waals surface area (Å²) >= 11 is 6.53. The van der Waals surface area contributed by atoms with Gasteiger partial charge in [0.25, 0.3) is 0 Å². The van der Waals surface area contributed by atoms with E-state index in [1.807, 2.05) is 6.92 Å². The van der Waals surface area contributed by atoms with E-state index in [2.05, 4.69) is 5.32 Å². The number of nitrogens with one attached hydrogen (secondary N) is 1. The molecule has 6 nitrogen and oxygen atoms in total. The lowest BCUT2D eigenvalue weighted by Crippen LogP contribution is -2.32. The van der Waals surface area contributed by atoms with E-state index in [1.165, 1.54) is 11.8 Å². The summed E-state index contributed by atoms with van der Waals surface area (Å²) in [5.41, 5.74) is 1.04. The van der Waals surface area contributed by atoms with Crippen LogP contribution in [-0.4, -0.2) is 45.4 Å². The van der Waals surface area contributed by atoms with Crippen molar-refractivity contribution in [3.05, 3.63) is 29.8 Å². The average molecular weight is 380 g/mol. The number of carbonyl (C=O) groups excluding carboxylic acids is 3. The number of ether oxygens (including phenoxy) is 1. The number of rotatable bonds is 7. The van der Waals surface area contributed by atoms with Crippen LogP contribution >= 0.6 is 24.0 Å². The Morgan fingerprint density at radius 2 is 2.00 bits per heavy atom. The van der Waals surface area contributed by atoms with E-state index in [0.29, 0.717) is 35.1 Å². The number of thioether (sulfide) groups is 1. The van der Waals surface area contributed by atoms with Crippen molar-refractivity contribution < 1.29 is 19.1 Å². The zero-order valence-electron chi connectivity index (χ0n) is 14.1. The van der Waals surface area contributed by atoms with Gasteiger partial charge < -0.3 is 10.1 Å². The molecule has 1 aromatic carbocycles. The summed E-state index contributed by atoms with van der Waals surface area (Å²) in [6.07, 6.45) is 0.816. The highest BCUT2D eigenvalue weighted by atomic mass is 32.2. The predicted octanol–water partition coefficient (Wildman–Crippen LogP) is 2.83. The molecule has 1 atom stereocenters. The molecule has 1 N–H and O–H groups in total. The second kappa shape index (κ2) is 8.96. The Hall–Kier alpha value is -1.93. The number of thiocarbonyl (C=S) groups is 1. The van der Waals surface area contributed by atoms with Crippen LogP contribution in [0.1, 0.15) is 37.0 Å². The van der Waals surface area contributed by atoms with Gasteiger partial charge in [0, 0.05) is 18.7 Å². The van der Waals surface area contributed by atoms with E-state index < -0.39 is 5.97 Å². The van der Waals surface area contributed by atoms with Crippen molar-refractivity contribution in [1.29, 1.82) is 0 Å². The second-order valence-electron chi connectivity index (χ2n) is 5.47. The third-order valence-corrected chi connectivity index (χ3v) is 5.06. The number of hydrogen-bond donors (Lipinski definition) is 1. The van der Waals surface area contributed by atoms with Gasteiger partial charge in [-0.25, -0.2) is 4.79 Å². The first-order valence-electron chi connectivity index (χ1n) is 8.01. The number of nitrogens with zero attached hydrogens (tertiary/aromatic N) is 1. The van der Waals surface area contributed by atoms with Gasteiger partial charge in [-0.2, -0.15) is 0 Å². The maximum absolute atomic E-state index is 12.0. The normalized spacial score (nSPS) is 16.9. The van der Waals surface area contributed by atoms with Crippen LogP contribution in [0.3, 0.4) is 0 Å². The summed E-state index contributed by atoms with van der Waals surface area (Å²) in [5, 5.41) is 2.62. The van der Waals surface area contributed by atoms with Crippen LogP contribution < -0.4 is 5.32 Å². The van der Waals surface area contributed by atoms with Gasteiger partial charge in [0.2, 0.25) is 11.8 Å². The molecule has 1 heterocycles. The predicted molar refractivity (Wildman–Crippen MR) is 102 cm³/mol. The molecule has 0 aliphatic carbocycles. The van der Waals surface area contributed by atoms with Crippen LogP contribution in [0.4, 0.5) is 5.69 Å². The molecule has 0 radical (unpaired) electrons. The standard InChI is InChI=1S/C17H20N2O4S2/c1-3-23-16(22)12-6-8-13(9-7-12)18-14(20)5-4-10-19-15(21)11(2)25-17(19)24/h6-9,11H,3-5,10H2,1-2H3,(H,18,20). The third-order valence-electron chi connectivity index (χ3n) is 3.58. The molecule has 0 bridgehead atoms. The van der Waals surface area contributed by atoms with Crippen molar-refractivity contribution in [2.24, 2.45) is 0 Å². The fourth-order valence-corrected chi connectivity index (χ4v) is 3.75. The zero-order chi connectivity index (χ0) is 18.4. The van der Waals surface area contributed by atoms with E-state index in [4.69, 9.17) is 17.0 Å². The SMILES string of the molecule is CCOC(=O)c1ccc(NC(=O)CCCN2C(=O)C(C)SC2=S)cc1. The summed E-state index contributed by atoms with van der Waals surface area (Å²) in [7, 11) is 0. The minimum Gasteiger partial charge on any atom is -0.462 e. The molecule has 134 valence electrons. The van der Waals surface area contributed by atoms with Crippen molar-refractivity contribution in [2.75, 3.05) is 18.5 Å². The fraction of sp³-hybridized carbons (Fsp3) is 0.412. The Labute approximate surface area is 156 Å². The highest BCUT2D eigenvalue weighted by molar-refractivity contribution is 8.24. The molecule has 0 saturated carbocycles. The summed E-state index contributed by atoms with van der Waals surface area (Å²) in [6, 6.07) is 6.52. The molecule has 2 amide bonds. The molecule has 1 aromatic rings. The van der Waals surface area contributed by atoms with Crippen LogP contribution in [0.25, 0.3) is 0 Å². The third kappa shape index (κ3) is 5.27. The van der Waals surface area contributed by atoms with Crippen molar-refractivity contribution in [2.45, 2.75) is 31.9 Å². The highest BCUT2D eigenvalue weighted by Gasteiger charge is 2.33. The molecule has 25 heavy (non-hydrogen) atoms. The average Bonchev–Trinajstić information content (AvgIpc) is 2.82. The minimum atomic E-state index is -0.390. The largest absolute Gasteiger partial charge is 0.462 e. The lowest BCUT2D eigenvalue weighted by molar-refractivity contribution is -0.126. The molecule has 1 saturated heterocycles. The lowest BCUT2D eigenvalue weighted by atomic mass is 10.2. The van der Waals surface area contributed by atoms with E-state index in [1.54, 1.807) is 36.1 Å². The van der Waals surface area contributed by atoms with E-state index in [0.717, 1.165) is 0 Å². The van der Waals surface area contributed by atoms with Gasteiger partial charge in [0.15, 0.2) is 0 Å². The Morgan fingerprint density at radius 3 is 2.56 bits per heavy atom. The maximum atomic E-state index is 12.0. The molecule has 0 spiro atoms. The van der Waals surface area contributed by atoms with Gasteiger partial charge in [-0.15, -0.1) is 0 Å². The molecule has 0 aromatic heterocycles. The van der Waals surface area contributed by atoms with E-state index in [9.17, 15) is 14.4 Å². The van der Waals surface area contributed by atoms with Crippen LogP contribution in [0.15, 0.2) is 24.3 Å². The molecule has 1 aliphatic heterocycles. The zero-order valence-corrected chi connectivity index (χ0v) is 15.7. The van der Waals surface area contributed by atoms with Crippen molar-refractivity contribution in [1.82, 2.24) is 4.90 Å². The number of esters is 1. The Bertz CT molecular complexity index is 676. The van der Waals surface area contributed by atoms with Gasteiger partial charge in [0.05, 0.1) is 17.4 Å². The van der Waals surface area contributed by atoms with Gasteiger partial charge in [-0.05, 0) is 44.5 Å². The molecule has 1 aliphatic rings. The topological polar surface area (TPSA) is 75.7 Å². The molecular formula is C17H20N2O4S2. The summed E-state index contributed by atoms with van der Waals surface area (Å²) in [5.74, 6) is -0.536. The number of amides is 2. The van der Waals surface area contributed by atoms with Gasteiger partial charge in [0.1, 0.15) is 4.32 Å². The van der Waals surface area contributed by atoms with Crippen molar-refractivity contribution in [3.63, 3.8) is 0 Å². The highest BCUT2D eigenvalue weighted by Crippen LogP contribution is 2.26. The fourth-order valence-electron chi connectivity index (χ4n) is 2.30. The first-order valence-corrected chi connectivity index (χ1v) is 9.30. The Balaban J connectivity index is 1.78. The first kappa shape index (κ1) is 19.4. The number of hydrogen-bond acceptors (Lipinski definition) is 6. The van der Waals surface area contributed by atoms with Crippen LogP contribution in [0.5, 0.6) is 0 Å². The van der Waals surface area contributed by atoms with Crippen LogP contribution in [-0.2, 0) is 14.3 Å². The van der Waals surface area contributed by atoms with E-state index >= 15 is 0 Å². The quantitative estimate of drug-likeness (QED) is 0.579. The summed E-state index contributed by atoms with van der Waals surface area (Å²) in [4.78, 5) is 37.0. The van der Waals surface area contributed by atoms with Crippen LogP contribution in [0.2, 0.25) is 0 Å². The number of anilines is 1. The number of benzene rings is 1. The van der Waals surface area contributed by atoms with E-state index in [-0.39, 0.29) is 23.5 Å². The Kier molecular flexibility index (Phi) is 6.95. The molecule has 1 unspecified atom stereocenters. The first-order chi connectivity index (χ1) is 11.9. The smallest absolute Gasteiger partial charge is 0.338 e. The second-order valence-corrected chi connectivity index (χ2v) is 7.44. The van der Waals surface area contributed by atoms with Crippen molar-refractivity contribution >= 4 is 51.8 Å². The molecule has 2 rings (SSSR count). The molecule has 8 heteroatoms.